The zero-order valence-electron chi connectivity index (χ0n) is 15.7. The third-order valence-corrected chi connectivity index (χ3v) is 5.36. The second-order valence-electron chi connectivity index (χ2n) is 6.98. The third kappa shape index (κ3) is 4.37. The zero-order chi connectivity index (χ0) is 17.6. The van der Waals surface area contributed by atoms with Gasteiger partial charge in [-0.05, 0) is 45.0 Å². The molecule has 2 heterocycles. The molecule has 2 saturated heterocycles. The van der Waals surface area contributed by atoms with Gasteiger partial charge in [0.1, 0.15) is 5.75 Å². The predicted molar refractivity (Wildman–Crippen MR) is 104 cm³/mol. The summed E-state index contributed by atoms with van der Waals surface area (Å²) in [5.74, 6) is 1.85. The van der Waals surface area contributed by atoms with Crippen molar-refractivity contribution in [1.29, 1.82) is 0 Å². The van der Waals surface area contributed by atoms with Gasteiger partial charge in [0.15, 0.2) is 5.96 Å². The predicted octanol–water partition coefficient (Wildman–Crippen LogP) is 1.53. The Hall–Kier alpha value is -1.95. The lowest BCUT2D eigenvalue weighted by molar-refractivity contribution is 0.309. The van der Waals surface area contributed by atoms with E-state index < -0.39 is 0 Å². The van der Waals surface area contributed by atoms with Crippen molar-refractivity contribution in [3.05, 3.63) is 24.3 Å². The van der Waals surface area contributed by atoms with Gasteiger partial charge in [-0.25, -0.2) is 0 Å². The van der Waals surface area contributed by atoms with Crippen LogP contribution in [0.2, 0.25) is 0 Å². The number of nitrogens with zero attached hydrogens (tertiary/aromatic N) is 3. The first-order chi connectivity index (χ1) is 12.2. The van der Waals surface area contributed by atoms with Gasteiger partial charge in [0.2, 0.25) is 0 Å². The second-order valence-corrected chi connectivity index (χ2v) is 6.98. The number of ether oxygens (including phenoxy) is 1. The molecule has 2 aliphatic heterocycles. The van der Waals surface area contributed by atoms with Crippen LogP contribution in [-0.4, -0.2) is 70.3 Å². The van der Waals surface area contributed by atoms with Crippen molar-refractivity contribution in [1.82, 2.24) is 15.5 Å². The maximum atomic E-state index is 5.50. The minimum Gasteiger partial charge on any atom is -0.495 e. The number of para-hydroxylation sites is 2. The summed E-state index contributed by atoms with van der Waals surface area (Å²) < 4.78 is 5.50. The van der Waals surface area contributed by atoms with Gasteiger partial charge in [0, 0.05) is 38.8 Å². The number of hydrogen-bond donors (Lipinski definition) is 2. The van der Waals surface area contributed by atoms with Crippen LogP contribution < -0.4 is 20.3 Å². The fourth-order valence-corrected chi connectivity index (χ4v) is 3.83. The van der Waals surface area contributed by atoms with Crippen LogP contribution in [0.5, 0.6) is 5.75 Å². The number of rotatable bonds is 5. The number of anilines is 1. The van der Waals surface area contributed by atoms with E-state index in [1.807, 2.05) is 19.2 Å². The largest absolute Gasteiger partial charge is 0.495 e. The number of nitrogens with one attached hydrogen (secondary N) is 2. The number of methoxy groups -OCH3 is 1. The molecule has 1 aromatic rings. The standard InChI is InChI=1S/C19H31N5O/c1-20-19(21-13-16-7-6-11-23(16)2)22-15-10-12-24(14-15)17-8-4-5-9-18(17)25-3/h4-5,8-9,15-16H,6-7,10-14H2,1-3H3,(H2,20,21,22). The molecular weight excluding hydrogens is 314 g/mol. The molecular formula is C19H31N5O. The molecule has 0 amide bonds. The topological polar surface area (TPSA) is 52.1 Å². The highest BCUT2D eigenvalue weighted by molar-refractivity contribution is 5.80. The van der Waals surface area contributed by atoms with E-state index in [9.17, 15) is 0 Å². The third-order valence-electron chi connectivity index (χ3n) is 5.36. The Balaban J connectivity index is 1.51. The van der Waals surface area contributed by atoms with Gasteiger partial charge >= 0.3 is 0 Å². The molecule has 1 aromatic carbocycles. The van der Waals surface area contributed by atoms with Crippen molar-refractivity contribution in [2.75, 3.05) is 52.3 Å². The van der Waals surface area contributed by atoms with E-state index in [2.05, 4.69) is 44.6 Å². The number of aliphatic imine (C=N–C) groups is 1. The molecule has 3 rings (SSSR count). The Morgan fingerprint density at radius 3 is 2.84 bits per heavy atom. The fourth-order valence-electron chi connectivity index (χ4n) is 3.83. The first-order valence-corrected chi connectivity index (χ1v) is 9.26. The van der Waals surface area contributed by atoms with Crippen LogP contribution in [0.1, 0.15) is 19.3 Å². The summed E-state index contributed by atoms with van der Waals surface area (Å²) in [5.41, 5.74) is 1.17. The van der Waals surface area contributed by atoms with Gasteiger partial charge < -0.3 is 25.2 Å². The first kappa shape index (κ1) is 17.9. The molecule has 0 radical (unpaired) electrons. The molecule has 0 spiro atoms. The summed E-state index contributed by atoms with van der Waals surface area (Å²) in [7, 11) is 5.79. The van der Waals surface area contributed by atoms with E-state index in [1.165, 1.54) is 25.1 Å². The lowest BCUT2D eigenvalue weighted by Gasteiger charge is -2.24. The molecule has 2 atom stereocenters. The molecule has 0 bridgehead atoms. The normalized spacial score (nSPS) is 24.6. The molecule has 2 fully saturated rings. The van der Waals surface area contributed by atoms with Gasteiger partial charge in [-0.2, -0.15) is 0 Å². The van der Waals surface area contributed by atoms with Crippen LogP contribution in [-0.2, 0) is 0 Å². The van der Waals surface area contributed by atoms with Crippen molar-refractivity contribution in [3.8, 4) is 5.75 Å². The quantitative estimate of drug-likeness (QED) is 0.626. The minimum absolute atomic E-state index is 0.400. The van der Waals surface area contributed by atoms with E-state index in [0.717, 1.165) is 37.8 Å². The maximum Gasteiger partial charge on any atom is 0.191 e. The van der Waals surface area contributed by atoms with Crippen LogP contribution in [0.25, 0.3) is 0 Å². The van der Waals surface area contributed by atoms with Gasteiger partial charge in [0.25, 0.3) is 0 Å². The summed E-state index contributed by atoms with van der Waals surface area (Å²) in [6, 6.07) is 9.25. The highest BCUT2D eigenvalue weighted by atomic mass is 16.5. The maximum absolute atomic E-state index is 5.50. The van der Waals surface area contributed by atoms with Gasteiger partial charge in [-0.15, -0.1) is 0 Å². The number of guanidine groups is 1. The highest BCUT2D eigenvalue weighted by Gasteiger charge is 2.26. The van der Waals surface area contributed by atoms with Crippen molar-refractivity contribution >= 4 is 11.6 Å². The van der Waals surface area contributed by atoms with Crippen LogP contribution in [0.15, 0.2) is 29.3 Å². The van der Waals surface area contributed by atoms with E-state index in [4.69, 9.17) is 4.74 Å². The fraction of sp³-hybridized carbons (Fsp3) is 0.632. The Morgan fingerprint density at radius 2 is 2.12 bits per heavy atom. The van der Waals surface area contributed by atoms with Crippen LogP contribution >= 0.6 is 0 Å². The van der Waals surface area contributed by atoms with Gasteiger partial charge in [-0.3, -0.25) is 4.99 Å². The molecule has 2 unspecified atom stereocenters. The molecule has 6 heteroatoms. The average molecular weight is 345 g/mol. The number of hydrogen-bond acceptors (Lipinski definition) is 4. The smallest absolute Gasteiger partial charge is 0.191 e. The average Bonchev–Trinajstić information content (AvgIpc) is 3.27. The lowest BCUT2D eigenvalue weighted by atomic mass is 10.2. The van der Waals surface area contributed by atoms with Crippen molar-refractivity contribution in [2.45, 2.75) is 31.3 Å². The van der Waals surface area contributed by atoms with E-state index in [-0.39, 0.29) is 0 Å². The Bertz CT molecular complexity index is 591. The Labute approximate surface area is 151 Å². The second kappa shape index (κ2) is 8.43. The molecule has 0 aromatic heterocycles. The molecule has 25 heavy (non-hydrogen) atoms. The van der Waals surface area contributed by atoms with E-state index in [0.29, 0.717) is 12.1 Å². The summed E-state index contributed by atoms with van der Waals surface area (Å²) in [6.07, 6.45) is 3.67. The molecule has 2 aliphatic rings. The van der Waals surface area contributed by atoms with Crippen LogP contribution in [0.4, 0.5) is 5.69 Å². The summed E-state index contributed by atoms with van der Waals surface area (Å²) >= 11 is 0. The summed E-state index contributed by atoms with van der Waals surface area (Å²) in [4.78, 5) is 9.22. The number of likely N-dealkylation sites (N-methyl/N-ethyl adjacent to an activating group) is 1. The van der Waals surface area contributed by atoms with Crippen molar-refractivity contribution in [3.63, 3.8) is 0 Å². The van der Waals surface area contributed by atoms with Crippen LogP contribution in [0, 0.1) is 0 Å². The van der Waals surface area contributed by atoms with Crippen molar-refractivity contribution < 1.29 is 4.74 Å². The summed E-state index contributed by atoms with van der Waals surface area (Å²) in [5, 5.41) is 7.08. The number of benzene rings is 1. The van der Waals surface area contributed by atoms with E-state index in [1.54, 1.807) is 7.11 Å². The molecule has 0 saturated carbocycles. The Kier molecular flexibility index (Phi) is 6.02. The SMILES string of the molecule is CN=C(NCC1CCCN1C)NC1CCN(c2ccccc2OC)C1. The van der Waals surface area contributed by atoms with Crippen LogP contribution in [0.3, 0.4) is 0 Å². The molecule has 138 valence electrons. The van der Waals surface area contributed by atoms with Crippen molar-refractivity contribution in [2.24, 2.45) is 4.99 Å². The monoisotopic (exact) mass is 345 g/mol. The van der Waals surface area contributed by atoms with E-state index >= 15 is 0 Å². The molecule has 2 N–H and O–H groups in total. The molecule has 6 nitrogen and oxygen atoms in total. The van der Waals surface area contributed by atoms with Gasteiger partial charge in [0.05, 0.1) is 12.8 Å². The number of likely N-dealkylation sites (tertiary alicyclic amines) is 1. The Morgan fingerprint density at radius 1 is 1.28 bits per heavy atom. The summed E-state index contributed by atoms with van der Waals surface area (Å²) in [6.45, 7) is 4.15. The first-order valence-electron chi connectivity index (χ1n) is 9.26. The zero-order valence-corrected chi connectivity index (χ0v) is 15.7. The highest BCUT2D eigenvalue weighted by Crippen LogP contribution is 2.30. The lowest BCUT2D eigenvalue weighted by Crippen LogP contribution is -2.48. The minimum atomic E-state index is 0.400. The molecule has 0 aliphatic carbocycles. The van der Waals surface area contributed by atoms with Gasteiger partial charge in [-0.1, -0.05) is 12.1 Å².